The van der Waals surface area contributed by atoms with Gasteiger partial charge in [-0.15, -0.1) is 24.0 Å². The summed E-state index contributed by atoms with van der Waals surface area (Å²) in [6.45, 7) is 8.26. The first-order valence-electron chi connectivity index (χ1n) is 10.3. The van der Waals surface area contributed by atoms with Crippen LogP contribution in [0.5, 0.6) is 0 Å². The molecule has 0 spiro atoms. The second kappa shape index (κ2) is 13.1. The van der Waals surface area contributed by atoms with Crippen molar-refractivity contribution in [3.05, 3.63) is 0 Å². The van der Waals surface area contributed by atoms with Gasteiger partial charge in [-0.1, -0.05) is 0 Å². The van der Waals surface area contributed by atoms with Crippen molar-refractivity contribution in [2.24, 2.45) is 10.9 Å². The van der Waals surface area contributed by atoms with Gasteiger partial charge in [-0.3, -0.25) is 9.89 Å². The van der Waals surface area contributed by atoms with Crippen molar-refractivity contribution in [2.45, 2.75) is 44.2 Å². The summed E-state index contributed by atoms with van der Waals surface area (Å²) in [4.78, 5) is 6.87. The molecule has 3 fully saturated rings. The van der Waals surface area contributed by atoms with Crippen LogP contribution in [0.3, 0.4) is 0 Å². The Balaban J connectivity index is 0.00000261. The number of nitrogens with zero attached hydrogens (tertiary/aromatic N) is 2. The van der Waals surface area contributed by atoms with E-state index in [-0.39, 0.29) is 30.1 Å². The van der Waals surface area contributed by atoms with E-state index in [1.165, 1.54) is 19.4 Å². The van der Waals surface area contributed by atoms with Gasteiger partial charge < -0.3 is 24.8 Å². The van der Waals surface area contributed by atoms with Gasteiger partial charge in [-0.05, 0) is 44.6 Å². The highest BCUT2D eigenvalue weighted by Crippen LogP contribution is 2.22. The Morgan fingerprint density at radius 2 is 2.07 bits per heavy atom. The molecule has 158 valence electrons. The van der Waals surface area contributed by atoms with Gasteiger partial charge in [0.1, 0.15) is 0 Å². The Labute approximate surface area is 181 Å². The zero-order valence-electron chi connectivity index (χ0n) is 16.7. The number of ether oxygens (including phenoxy) is 3. The number of rotatable bonds is 8. The molecule has 0 aromatic heterocycles. The minimum Gasteiger partial charge on any atom is -0.381 e. The first kappa shape index (κ1) is 23.1. The van der Waals surface area contributed by atoms with E-state index in [0.29, 0.717) is 12.0 Å². The number of morpholine rings is 1. The van der Waals surface area contributed by atoms with E-state index in [0.717, 1.165) is 77.9 Å². The normalized spacial score (nSPS) is 27.1. The fourth-order valence-corrected chi connectivity index (χ4v) is 3.98. The third kappa shape index (κ3) is 8.00. The predicted molar refractivity (Wildman–Crippen MR) is 118 cm³/mol. The minimum absolute atomic E-state index is 0. The topological polar surface area (TPSA) is 67.4 Å². The molecule has 0 saturated carbocycles. The monoisotopic (exact) mass is 496 g/mol. The number of aliphatic imine (C=N–C) groups is 1. The maximum Gasteiger partial charge on any atom is 0.191 e. The Bertz CT molecular complexity index is 435. The highest BCUT2D eigenvalue weighted by Gasteiger charge is 2.32. The summed E-state index contributed by atoms with van der Waals surface area (Å²) in [5, 5.41) is 6.76. The third-order valence-corrected chi connectivity index (χ3v) is 5.63. The van der Waals surface area contributed by atoms with Crippen molar-refractivity contribution < 1.29 is 14.2 Å². The number of halogens is 1. The lowest BCUT2D eigenvalue weighted by molar-refractivity contribution is -0.0453. The molecule has 3 aliphatic rings. The van der Waals surface area contributed by atoms with Gasteiger partial charge in [0.05, 0.1) is 12.7 Å². The second-order valence-electron chi connectivity index (χ2n) is 7.61. The molecule has 0 bridgehead atoms. The molecule has 0 aromatic rings. The molecule has 27 heavy (non-hydrogen) atoms. The van der Waals surface area contributed by atoms with Crippen molar-refractivity contribution in [3.8, 4) is 0 Å². The molecule has 0 aliphatic carbocycles. The summed E-state index contributed by atoms with van der Waals surface area (Å²) in [6, 6.07) is 0.657. The van der Waals surface area contributed by atoms with Gasteiger partial charge in [-0.25, -0.2) is 0 Å². The van der Waals surface area contributed by atoms with Gasteiger partial charge in [0, 0.05) is 59.2 Å². The predicted octanol–water partition coefficient (Wildman–Crippen LogP) is 1.47. The quantitative estimate of drug-likeness (QED) is 0.230. The fraction of sp³-hybridized carbons (Fsp3) is 0.947. The van der Waals surface area contributed by atoms with Gasteiger partial charge in [0.2, 0.25) is 0 Å². The molecule has 7 nitrogen and oxygen atoms in total. The number of nitrogens with one attached hydrogen (secondary N) is 2. The fourth-order valence-electron chi connectivity index (χ4n) is 3.98. The summed E-state index contributed by atoms with van der Waals surface area (Å²) in [5.41, 5.74) is 0. The molecule has 3 aliphatic heterocycles. The van der Waals surface area contributed by atoms with Crippen LogP contribution >= 0.6 is 24.0 Å². The van der Waals surface area contributed by atoms with Crippen LogP contribution < -0.4 is 10.6 Å². The number of hydrogen-bond acceptors (Lipinski definition) is 5. The van der Waals surface area contributed by atoms with Crippen LogP contribution in [0.4, 0.5) is 0 Å². The SMILES string of the molecule is CN=C(NCCCOCC1CCOCC1)NCC1CN2CCCC2CO1.I. The van der Waals surface area contributed by atoms with E-state index in [1.54, 1.807) is 0 Å². The second-order valence-corrected chi connectivity index (χ2v) is 7.61. The highest BCUT2D eigenvalue weighted by atomic mass is 127. The van der Waals surface area contributed by atoms with E-state index in [1.807, 2.05) is 7.05 Å². The van der Waals surface area contributed by atoms with Crippen molar-refractivity contribution in [2.75, 3.05) is 66.3 Å². The van der Waals surface area contributed by atoms with Crippen LogP contribution in [0.15, 0.2) is 4.99 Å². The number of guanidine groups is 1. The number of fused-ring (bicyclic) bond motifs is 1. The molecule has 3 rings (SSSR count). The van der Waals surface area contributed by atoms with Crippen LogP contribution in [0.1, 0.15) is 32.1 Å². The third-order valence-electron chi connectivity index (χ3n) is 5.63. The molecule has 2 unspecified atom stereocenters. The van der Waals surface area contributed by atoms with Crippen LogP contribution in [-0.2, 0) is 14.2 Å². The van der Waals surface area contributed by atoms with E-state index in [2.05, 4.69) is 20.5 Å². The minimum atomic E-state index is 0. The van der Waals surface area contributed by atoms with Gasteiger partial charge >= 0.3 is 0 Å². The summed E-state index contributed by atoms with van der Waals surface area (Å²) < 4.78 is 17.2. The van der Waals surface area contributed by atoms with E-state index in [4.69, 9.17) is 14.2 Å². The molecular formula is C19H37IN4O3. The van der Waals surface area contributed by atoms with Crippen LogP contribution in [0.2, 0.25) is 0 Å². The largest absolute Gasteiger partial charge is 0.381 e. The van der Waals surface area contributed by atoms with E-state index >= 15 is 0 Å². The Morgan fingerprint density at radius 3 is 2.89 bits per heavy atom. The van der Waals surface area contributed by atoms with Crippen molar-refractivity contribution in [1.82, 2.24) is 15.5 Å². The Kier molecular flexibility index (Phi) is 11.2. The van der Waals surface area contributed by atoms with Crippen LogP contribution in [0, 0.1) is 5.92 Å². The van der Waals surface area contributed by atoms with Gasteiger partial charge in [0.25, 0.3) is 0 Å². The number of hydrogen-bond donors (Lipinski definition) is 2. The molecule has 0 amide bonds. The van der Waals surface area contributed by atoms with Crippen LogP contribution in [-0.4, -0.2) is 89.3 Å². The van der Waals surface area contributed by atoms with Crippen LogP contribution in [0.25, 0.3) is 0 Å². The van der Waals surface area contributed by atoms with Gasteiger partial charge in [-0.2, -0.15) is 0 Å². The standard InChI is InChI=1S/C19H36N4O3.HI/c1-20-19(21-7-3-9-25-14-16-5-10-24-11-6-16)22-12-18-13-23-8-2-4-17(23)15-26-18;/h16-18H,2-15H2,1H3,(H2,20,21,22);1H. The van der Waals surface area contributed by atoms with E-state index < -0.39 is 0 Å². The Hall–Kier alpha value is -0.160. The van der Waals surface area contributed by atoms with Crippen molar-refractivity contribution in [3.63, 3.8) is 0 Å². The highest BCUT2D eigenvalue weighted by molar-refractivity contribution is 14.0. The van der Waals surface area contributed by atoms with Gasteiger partial charge in [0.15, 0.2) is 5.96 Å². The summed E-state index contributed by atoms with van der Waals surface area (Å²) in [7, 11) is 1.81. The molecule has 2 N–H and O–H groups in total. The smallest absolute Gasteiger partial charge is 0.191 e. The maximum atomic E-state index is 5.99. The molecule has 2 atom stereocenters. The molecule has 3 saturated heterocycles. The first-order valence-corrected chi connectivity index (χ1v) is 10.3. The molecule has 8 heteroatoms. The van der Waals surface area contributed by atoms with Crippen molar-refractivity contribution >= 4 is 29.9 Å². The zero-order chi connectivity index (χ0) is 18.0. The molecular weight excluding hydrogens is 459 g/mol. The summed E-state index contributed by atoms with van der Waals surface area (Å²) in [6.07, 6.45) is 6.12. The Morgan fingerprint density at radius 1 is 1.22 bits per heavy atom. The molecule has 3 heterocycles. The van der Waals surface area contributed by atoms with E-state index in [9.17, 15) is 0 Å². The summed E-state index contributed by atoms with van der Waals surface area (Å²) in [5.74, 6) is 1.53. The lowest BCUT2D eigenvalue weighted by atomic mass is 10.0. The average Bonchev–Trinajstić information content (AvgIpc) is 3.15. The lowest BCUT2D eigenvalue weighted by Gasteiger charge is -2.35. The van der Waals surface area contributed by atoms with Crippen molar-refractivity contribution in [1.29, 1.82) is 0 Å². The maximum absolute atomic E-state index is 5.99. The lowest BCUT2D eigenvalue weighted by Crippen LogP contribution is -2.51. The molecule has 0 aromatic carbocycles. The summed E-state index contributed by atoms with van der Waals surface area (Å²) >= 11 is 0. The average molecular weight is 496 g/mol. The molecule has 0 radical (unpaired) electrons. The first-order chi connectivity index (χ1) is 12.8. The zero-order valence-corrected chi connectivity index (χ0v) is 19.0.